The third-order valence-electron chi connectivity index (χ3n) is 2.44. The van der Waals surface area contributed by atoms with Crippen molar-refractivity contribution in [2.45, 2.75) is 11.1 Å². The molecule has 0 aliphatic carbocycles. The van der Waals surface area contributed by atoms with E-state index in [0.717, 1.165) is 23.5 Å². The molecule has 1 aromatic carbocycles. The van der Waals surface area contributed by atoms with Crippen LogP contribution in [0.5, 0.6) is 0 Å². The topological polar surface area (TPSA) is 46.2 Å². The van der Waals surface area contributed by atoms with Gasteiger partial charge in [-0.1, -0.05) is 39.1 Å². The van der Waals surface area contributed by atoms with Crippen LogP contribution in [0.2, 0.25) is 8.67 Å². The third-order valence-corrected chi connectivity index (χ3v) is 6.26. The maximum Gasteiger partial charge on any atom is 0.417 e. The summed E-state index contributed by atoms with van der Waals surface area (Å²) < 4.78 is 64.6. The fourth-order valence-electron chi connectivity index (χ4n) is 1.52. The highest BCUT2D eigenvalue weighted by Gasteiger charge is 2.33. The molecule has 120 valence electrons. The van der Waals surface area contributed by atoms with Gasteiger partial charge in [-0.05, 0) is 24.3 Å². The van der Waals surface area contributed by atoms with Gasteiger partial charge < -0.3 is 0 Å². The summed E-state index contributed by atoms with van der Waals surface area (Å²) in [5.74, 6) is 0. The van der Waals surface area contributed by atoms with Gasteiger partial charge in [0.1, 0.15) is 9.23 Å². The van der Waals surface area contributed by atoms with Gasteiger partial charge in [-0.2, -0.15) is 13.2 Å². The van der Waals surface area contributed by atoms with Gasteiger partial charge in [0.05, 0.1) is 9.90 Å². The third kappa shape index (κ3) is 3.88. The summed E-state index contributed by atoms with van der Waals surface area (Å²) in [4.78, 5) is -0.291. The van der Waals surface area contributed by atoms with E-state index in [2.05, 4.69) is 15.9 Å². The number of rotatable bonds is 3. The molecule has 2 rings (SSSR count). The Bertz CT molecular complexity index is 821. The zero-order valence-corrected chi connectivity index (χ0v) is 14.9. The molecule has 0 unspecified atom stereocenters. The van der Waals surface area contributed by atoms with Gasteiger partial charge in [-0.15, -0.1) is 11.3 Å². The number of thiophene rings is 1. The van der Waals surface area contributed by atoms with Crippen molar-refractivity contribution in [1.82, 2.24) is 0 Å². The smallest absolute Gasteiger partial charge is 0.280 e. The number of hydrogen-bond donors (Lipinski definition) is 1. The zero-order chi connectivity index (χ0) is 16.7. The molecule has 0 radical (unpaired) electrons. The lowest BCUT2D eigenvalue weighted by Gasteiger charge is -2.12. The summed E-state index contributed by atoms with van der Waals surface area (Å²) in [7, 11) is -4.14. The first-order chi connectivity index (χ1) is 10.0. The van der Waals surface area contributed by atoms with Crippen LogP contribution in [-0.2, 0) is 16.2 Å². The first-order valence-electron chi connectivity index (χ1n) is 5.35. The number of alkyl halides is 3. The number of hydrogen-bond acceptors (Lipinski definition) is 3. The molecule has 3 nitrogen and oxygen atoms in total. The normalized spacial score (nSPS) is 12.5. The lowest BCUT2D eigenvalue weighted by atomic mass is 10.2. The molecule has 0 atom stereocenters. The van der Waals surface area contributed by atoms with Crippen LogP contribution < -0.4 is 4.72 Å². The van der Waals surface area contributed by atoms with E-state index in [1.165, 1.54) is 6.07 Å². The predicted octanol–water partition coefficient (Wildman–Crippen LogP) is 5.64. The van der Waals surface area contributed by atoms with E-state index >= 15 is 0 Å². The van der Waals surface area contributed by atoms with Crippen molar-refractivity contribution in [3.8, 4) is 0 Å². The minimum absolute atomic E-state index is 0.0781. The molecule has 0 aliphatic rings. The van der Waals surface area contributed by atoms with E-state index in [1.807, 2.05) is 4.72 Å². The van der Waals surface area contributed by atoms with Gasteiger partial charge >= 0.3 is 6.18 Å². The molecule has 0 aliphatic heterocycles. The summed E-state index contributed by atoms with van der Waals surface area (Å²) in [6.07, 6.45) is -4.62. The molecule has 0 fully saturated rings. The average molecular weight is 455 g/mol. The Balaban J connectivity index is 2.41. The summed E-state index contributed by atoms with van der Waals surface area (Å²) in [6, 6.07) is 4.10. The molecule has 0 saturated carbocycles. The van der Waals surface area contributed by atoms with Crippen molar-refractivity contribution < 1.29 is 21.6 Å². The van der Waals surface area contributed by atoms with Gasteiger partial charge in [-0.25, -0.2) is 8.42 Å². The number of benzene rings is 1. The Morgan fingerprint density at radius 3 is 2.32 bits per heavy atom. The Labute approximate surface area is 146 Å². The van der Waals surface area contributed by atoms with Gasteiger partial charge in [0.2, 0.25) is 0 Å². The van der Waals surface area contributed by atoms with E-state index in [9.17, 15) is 21.6 Å². The second-order valence-electron chi connectivity index (χ2n) is 3.99. The van der Waals surface area contributed by atoms with E-state index < -0.39 is 21.8 Å². The molecular weight excluding hydrogens is 450 g/mol. The molecule has 2 aromatic rings. The van der Waals surface area contributed by atoms with Crippen molar-refractivity contribution in [3.05, 3.63) is 43.0 Å². The zero-order valence-electron chi connectivity index (χ0n) is 10.2. The van der Waals surface area contributed by atoms with Crippen LogP contribution in [0.3, 0.4) is 0 Å². The standard InChI is InChI=1S/C11H5BrCl2F3NO2S2/c12-7-2-1-5(3-6(7)11(15,16)17)18-22(19,20)8-4-9(13)21-10(8)14/h1-4,18H. The van der Waals surface area contributed by atoms with E-state index in [0.29, 0.717) is 6.07 Å². The first-order valence-corrected chi connectivity index (χ1v) is 9.20. The molecule has 1 heterocycles. The largest absolute Gasteiger partial charge is 0.417 e. The van der Waals surface area contributed by atoms with Gasteiger partial charge in [0, 0.05) is 10.2 Å². The Morgan fingerprint density at radius 1 is 1.18 bits per heavy atom. The fraction of sp³-hybridized carbons (Fsp3) is 0.0909. The SMILES string of the molecule is O=S(=O)(Nc1ccc(Br)c(C(F)(F)F)c1)c1cc(Cl)sc1Cl. The van der Waals surface area contributed by atoms with E-state index in [-0.39, 0.29) is 23.7 Å². The van der Waals surface area contributed by atoms with Crippen LogP contribution in [0.4, 0.5) is 18.9 Å². The number of anilines is 1. The molecular formula is C11H5BrCl2F3NO2S2. The second-order valence-corrected chi connectivity index (χ2v) is 8.78. The number of sulfonamides is 1. The minimum Gasteiger partial charge on any atom is -0.280 e. The van der Waals surface area contributed by atoms with Crippen molar-refractivity contribution in [1.29, 1.82) is 0 Å². The average Bonchev–Trinajstić information content (AvgIpc) is 2.70. The van der Waals surface area contributed by atoms with Crippen molar-refractivity contribution in [2.24, 2.45) is 0 Å². The molecule has 1 aromatic heterocycles. The Kier molecular flexibility index (Phi) is 5.03. The summed E-state index contributed by atoms with van der Waals surface area (Å²) in [5, 5.41) is 0. The molecule has 0 amide bonds. The maximum absolute atomic E-state index is 12.8. The molecule has 0 spiro atoms. The maximum atomic E-state index is 12.8. The summed E-state index contributed by atoms with van der Waals surface area (Å²) >= 11 is 15.0. The summed E-state index contributed by atoms with van der Waals surface area (Å²) in [5.41, 5.74) is -1.24. The quantitative estimate of drug-likeness (QED) is 0.652. The van der Waals surface area contributed by atoms with Crippen LogP contribution in [0.1, 0.15) is 5.56 Å². The van der Waals surface area contributed by atoms with Crippen molar-refractivity contribution in [3.63, 3.8) is 0 Å². The van der Waals surface area contributed by atoms with Crippen molar-refractivity contribution in [2.75, 3.05) is 4.72 Å². The van der Waals surface area contributed by atoms with Gasteiger partial charge in [0.25, 0.3) is 10.0 Å². The predicted molar refractivity (Wildman–Crippen MR) is 84.3 cm³/mol. The van der Waals surface area contributed by atoms with Crippen molar-refractivity contribution >= 4 is 66.2 Å². The van der Waals surface area contributed by atoms with Crippen LogP contribution >= 0.6 is 50.5 Å². The Hall–Kier alpha value is -0.480. The van der Waals surface area contributed by atoms with E-state index in [4.69, 9.17) is 23.2 Å². The molecule has 11 heteroatoms. The number of nitrogens with one attached hydrogen (secondary N) is 1. The monoisotopic (exact) mass is 453 g/mol. The number of halogens is 6. The van der Waals surface area contributed by atoms with Gasteiger partial charge in [0.15, 0.2) is 0 Å². The second kappa shape index (κ2) is 6.20. The highest BCUT2D eigenvalue weighted by Crippen LogP contribution is 2.38. The molecule has 22 heavy (non-hydrogen) atoms. The van der Waals surface area contributed by atoms with Crippen LogP contribution in [0.15, 0.2) is 33.6 Å². The molecule has 0 bridgehead atoms. The van der Waals surface area contributed by atoms with E-state index in [1.54, 1.807) is 0 Å². The summed E-state index contributed by atoms with van der Waals surface area (Å²) in [6.45, 7) is 0. The van der Waals surface area contributed by atoms with Crippen LogP contribution in [-0.4, -0.2) is 8.42 Å². The highest BCUT2D eigenvalue weighted by atomic mass is 79.9. The Morgan fingerprint density at radius 2 is 1.82 bits per heavy atom. The fourth-order valence-corrected chi connectivity index (χ4v) is 5.20. The minimum atomic E-state index is -4.62. The lowest BCUT2D eigenvalue weighted by molar-refractivity contribution is -0.138. The lowest BCUT2D eigenvalue weighted by Crippen LogP contribution is -2.14. The molecule has 1 N–H and O–H groups in total. The highest BCUT2D eigenvalue weighted by molar-refractivity contribution is 9.10. The van der Waals surface area contributed by atoms with Gasteiger partial charge in [-0.3, -0.25) is 4.72 Å². The first kappa shape index (κ1) is 17.9. The van der Waals surface area contributed by atoms with Crippen LogP contribution in [0, 0.1) is 0 Å². The molecule has 0 saturated heterocycles. The van der Waals surface area contributed by atoms with Crippen LogP contribution in [0.25, 0.3) is 0 Å².